The first kappa shape index (κ1) is 16.5. The summed E-state index contributed by atoms with van der Waals surface area (Å²) in [5, 5.41) is 3.78. The zero-order chi connectivity index (χ0) is 16.9. The van der Waals surface area contributed by atoms with Crippen molar-refractivity contribution in [3.05, 3.63) is 76.4 Å². The zero-order valence-corrected chi connectivity index (χ0v) is 14.1. The van der Waals surface area contributed by atoms with E-state index in [0.29, 0.717) is 16.6 Å². The molecule has 0 aliphatic rings. The molecule has 0 atom stereocenters. The van der Waals surface area contributed by atoms with Gasteiger partial charge in [0.2, 0.25) is 5.91 Å². The Morgan fingerprint density at radius 2 is 1.96 bits per heavy atom. The Balaban J connectivity index is 1.55. The summed E-state index contributed by atoms with van der Waals surface area (Å²) in [5.41, 5.74) is 1.73. The number of carbonyl (C=O) groups is 1. The van der Waals surface area contributed by atoms with E-state index < -0.39 is 0 Å². The first-order valence-electron chi connectivity index (χ1n) is 7.26. The lowest BCUT2D eigenvalue weighted by Crippen LogP contribution is -2.24. The third-order valence-corrected chi connectivity index (χ3v) is 4.16. The van der Waals surface area contributed by atoms with Gasteiger partial charge < -0.3 is 5.32 Å². The number of halogens is 2. The fraction of sp³-hybridized carbons (Fsp3) is 0.118. The Hall–Kier alpha value is -2.37. The molecule has 1 amide bonds. The average molecular weight is 361 g/mol. The van der Waals surface area contributed by atoms with Gasteiger partial charge in [0, 0.05) is 25.1 Å². The first-order valence-corrected chi connectivity index (χ1v) is 8.01. The van der Waals surface area contributed by atoms with Crippen molar-refractivity contribution >= 4 is 29.1 Å². The number of pyridine rings is 1. The minimum absolute atomic E-state index is 0.0907. The highest BCUT2D eigenvalue weighted by molar-refractivity contribution is 6.42. The van der Waals surface area contributed by atoms with Gasteiger partial charge >= 0.3 is 0 Å². The van der Waals surface area contributed by atoms with Gasteiger partial charge in [-0.15, -0.1) is 0 Å². The maximum absolute atomic E-state index is 12.0. The normalized spacial score (nSPS) is 10.6. The summed E-state index contributed by atoms with van der Waals surface area (Å²) in [4.78, 5) is 20.3. The fourth-order valence-electron chi connectivity index (χ4n) is 2.17. The molecule has 0 saturated heterocycles. The van der Waals surface area contributed by atoms with Crippen LogP contribution in [-0.2, 0) is 17.8 Å². The maximum atomic E-state index is 12.0. The highest BCUT2D eigenvalue weighted by Crippen LogP contribution is 2.22. The number of amides is 1. The summed E-state index contributed by atoms with van der Waals surface area (Å²) < 4.78 is 1.81. The van der Waals surface area contributed by atoms with Crippen LogP contribution in [0.25, 0.3) is 5.82 Å². The lowest BCUT2D eigenvalue weighted by Gasteiger charge is -2.07. The lowest BCUT2D eigenvalue weighted by atomic mass is 10.1. The van der Waals surface area contributed by atoms with E-state index in [1.165, 1.54) is 0 Å². The summed E-state index contributed by atoms with van der Waals surface area (Å²) in [6.07, 6.45) is 7.17. The van der Waals surface area contributed by atoms with Crippen LogP contribution >= 0.6 is 23.2 Å². The van der Waals surface area contributed by atoms with E-state index in [-0.39, 0.29) is 12.3 Å². The number of hydrogen-bond acceptors (Lipinski definition) is 3. The molecule has 122 valence electrons. The second-order valence-electron chi connectivity index (χ2n) is 5.20. The smallest absolute Gasteiger partial charge is 0.224 e. The molecule has 0 unspecified atom stereocenters. The molecule has 0 bridgehead atoms. The van der Waals surface area contributed by atoms with E-state index in [0.717, 1.165) is 16.9 Å². The van der Waals surface area contributed by atoms with Crippen molar-refractivity contribution in [2.45, 2.75) is 13.0 Å². The molecule has 5 nitrogen and oxygen atoms in total. The van der Waals surface area contributed by atoms with Crippen molar-refractivity contribution in [2.75, 3.05) is 0 Å². The maximum Gasteiger partial charge on any atom is 0.224 e. The van der Waals surface area contributed by atoms with E-state index in [1.807, 2.05) is 22.9 Å². The zero-order valence-electron chi connectivity index (χ0n) is 12.6. The quantitative estimate of drug-likeness (QED) is 0.758. The predicted octanol–water partition coefficient (Wildman–Crippen LogP) is 3.43. The number of carbonyl (C=O) groups excluding carboxylic acids is 1. The van der Waals surface area contributed by atoms with Crippen LogP contribution in [0.1, 0.15) is 11.1 Å². The molecule has 0 aliphatic carbocycles. The number of aromatic nitrogens is 3. The molecule has 24 heavy (non-hydrogen) atoms. The fourth-order valence-corrected chi connectivity index (χ4v) is 2.49. The van der Waals surface area contributed by atoms with Crippen LogP contribution in [0.4, 0.5) is 0 Å². The van der Waals surface area contributed by atoms with Crippen LogP contribution in [0.2, 0.25) is 10.0 Å². The van der Waals surface area contributed by atoms with Crippen LogP contribution in [0.3, 0.4) is 0 Å². The van der Waals surface area contributed by atoms with Crippen LogP contribution in [0, 0.1) is 0 Å². The van der Waals surface area contributed by atoms with Gasteiger partial charge in [-0.3, -0.25) is 9.36 Å². The number of nitrogens with zero attached hydrogens (tertiary/aromatic N) is 3. The van der Waals surface area contributed by atoms with Gasteiger partial charge in [-0.2, -0.15) is 0 Å². The van der Waals surface area contributed by atoms with Gasteiger partial charge in [-0.25, -0.2) is 9.97 Å². The first-order chi connectivity index (χ1) is 11.6. The third kappa shape index (κ3) is 4.13. The van der Waals surface area contributed by atoms with Gasteiger partial charge in [0.1, 0.15) is 12.1 Å². The average Bonchev–Trinajstić information content (AvgIpc) is 3.11. The van der Waals surface area contributed by atoms with E-state index in [4.69, 9.17) is 23.2 Å². The largest absolute Gasteiger partial charge is 0.352 e. The Bertz CT molecular complexity index is 832. The van der Waals surface area contributed by atoms with Gasteiger partial charge in [-0.1, -0.05) is 35.3 Å². The SMILES string of the molecule is O=C(Cc1ccc(Cl)c(Cl)c1)NCc1ccc(-n2ccnc2)nc1. The number of imidazole rings is 1. The van der Waals surface area contributed by atoms with Crippen molar-refractivity contribution < 1.29 is 4.79 Å². The van der Waals surface area contributed by atoms with Gasteiger partial charge in [0.25, 0.3) is 0 Å². The second-order valence-corrected chi connectivity index (χ2v) is 6.01. The van der Waals surface area contributed by atoms with E-state index >= 15 is 0 Å². The van der Waals surface area contributed by atoms with Gasteiger partial charge in [-0.05, 0) is 29.3 Å². The lowest BCUT2D eigenvalue weighted by molar-refractivity contribution is -0.120. The Morgan fingerprint density at radius 1 is 1.12 bits per heavy atom. The van der Waals surface area contributed by atoms with Gasteiger partial charge in [0.15, 0.2) is 0 Å². The molecule has 0 aliphatic heterocycles. The Kier molecular flexibility index (Phi) is 5.13. The molecular weight excluding hydrogens is 347 g/mol. The molecular formula is C17H14Cl2N4O. The summed E-state index contributed by atoms with van der Waals surface area (Å²) in [7, 11) is 0. The van der Waals surface area contributed by atoms with Crippen molar-refractivity contribution in [1.82, 2.24) is 19.9 Å². The third-order valence-electron chi connectivity index (χ3n) is 3.42. The summed E-state index contributed by atoms with van der Waals surface area (Å²) in [6.45, 7) is 0.414. The molecule has 1 N–H and O–H groups in total. The van der Waals surface area contributed by atoms with Crippen LogP contribution in [0.15, 0.2) is 55.2 Å². The monoisotopic (exact) mass is 360 g/mol. The van der Waals surface area contributed by atoms with Crippen molar-refractivity contribution in [2.24, 2.45) is 0 Å². The number of benzene rings is 1. The highest BCUT2D eigenvalue weighted by Gasteiger charge is 2.06. The number of nitrogens with one attached hydrogen (secondary N) is 1. The van der Waals surface area contributed by atoms with Crippen molar-refractivity contribution in [3.8, 4) is 5.82 Å². The molecule has 7 heteroatoms. The van der Waals surface area contributed by atoms with E-state index in [1.54, 1.807) is 36.9 Å². The minimum atomic E-state index is -0.0907. The number of rotatable bonds is 5. The topological polar surface area (TPSA) is 59.8 Å². The molecule has 3 rings (SSSR count). The summed E-state index contributed by atoms with van der Waals surface area (Å²) >= 11 is 11.8. The van der Waals surface area contributed by atoms with E-state index in [9.17, 15) is 4.79 Å². The highest BCUT2D eigenvalue weighted by atomic mass is 35.5. The predicted molar refractivity (Wildman–Crippen MR) is 93.4 cm³/mol. The van der Waals surface area contributed by atoms with Gasteiger partial charge in [0.05, 0.1) is 16.5 Å². The Labute approximate surface area is 149 Å². The molecule has 0 saturated carbocycles. The second kappa shape index (κ2) is 7.47. The Morgan fingerprint density at radius 3 is 2.62 bits per heavy atom. The molecule has 1 aromatic carbocycles. The number of hydrogen-bond donors (Lipinski definition) is 1. The summed E-state index contributed by atoms with van der Waals surface area (Å²) in [5.74, 6) is 0.686. The minimum Gasteiger partial charge on any atom is -0.352 e. The molecule has 0 spiro atoms. The molecule has 0 radical (unpaired) electrons. The standard InChI is InChI=1S/C17H14Cl2N4O/c18-14-3-1-12(7-15(14)19)8-17(24)22-10-13-2-4-16(21-9-13)23-6-5-20-11-23/h1-7,9,11H,8,10H2,(H,22,24). The molecule has 3 aromatic rings. The van der Waals surface area contributed by atoms with Crippen molar-refractivity contribution in [1.29, 1.82) is 0 Å². The van der Waals surface area contributed by atoms with Crippen LogP contribution in [0.5, 0.6) is 0 Å². The molecule has 2 heterocycles. The molecule has 2 aromatic heterocycles. The van der Waals surface area contributed by atoms with Crippen LogP contribution in [-0.4, -0.2) is 20.4 Å². The molecule has 0 fully saturated rings. The summed E-state index contributed by atoms with van der Waals surface area (Å²) in [6, 6.07) is 8.97. The van der Waals surface area contributed by atoms with Crippen molar-refractivity contribution in [3.63, 3.8) is 0 Å². The van der Waals surface area contributed by atoms with Crippen LogP contribution < -0.4 is 5.32 Å². The van der Waals surface area contributed by atoms with E-state index in [2.05, 4.69) is 15.3 Å².